The average molecular weight is 383 g/mol. The molecular formula is C19H21N5O4. The van der Waals surface area contributed by atoms with Gasteiger partial charge in [-0.2, -0.15) is 0 Å². The van der Waals surface area contributed by atoms with Gasteiger partial charge in [-0.1, -0.05) is 6.07 Å². The molecule has 4 rings (SSSR count). The second kappa shape index (κ2) is 5.88. The Balaban J connectivity index is 2.01. The van der Waals surface area contributed by atoms with Crippen LogP contribution in [-0.4, -0.2) is 63.7 Å². The van der Waals surface area contributed by atoms with Gasteiger partial charge in [0.2, 0.25) is 11.8 Å². The van der Waals surface area contributed by atoms with Crippen LogP contribution in [0, 0.1) is 5.41 Å². The zero-order valence-corrected chi connectivity index (χ0v) is 16.2. The van der Waals surface area contributed by atoms with Gasteiger partial charge < -0.3 is 4.90 Å². The van der Waals surface area contributed by atoms with Crippen LogP contribution in [0.2, 0.25) is 0 Å². The van der Waals surface area contributed by atoms with Gasteiger partial charge >= 0.3 is 6.03 Å². The molecule has 2 aromatic rings. The molecule has 1 saturated heterocycles. The predicted molar refractivity (Wildman–Crippen MR) is 101 cm³/mol. The van der Waals surface area contributed by atoms with Gasteiger partial charge in [-0.3, -0.25) is 28.6 Å². The van der Waals surface area contributed by atoms with Crippen LogP contribution in [0.25, 0.3) is 5.65 Å². The first kappa shape index (κ1) is 18.1. The molecule has 1 atom stereocenters. The van der Waals surface area contributed by atoms with Crippen molar-refractivity contribution in [2.24, 2.45) is 5.41 Å². The van der Waals surface area contributed by atoms with Crippen LogP contribution in [0.5, 0.6) is 0 Å². The molecule has 28 heavy (non-hydrogen) atoms. The number of carbonyl (C=O) groups is 3. The maximum absolute atomic E-state index is 13.2. The lowest BCUT2D eigenvalue weighted by atomic mass is 9.69. The molecule has 9 heteroatoms. The highest BCUT2D eigenvalue weighted by Gasteiger charge is 2.62. The molecule has 1 fully saturated rings. The Hall–Kier alpha value is -3.23. The van der Waals surface area contributed by atoms with Crippen molar-refractivity contribution in [1.82, 2.24) is 19.2 Å². The summed E-state index contributed by atoms with van der Waals surface area (Å²) in [6.45, 7) is 4.10. The molecule has 0 radical (unpaired) electrons. The number of barbiturate groups is 1. The van der Waals surface area contributed by atoms with E-state index < -0.39 is 29.3 Å². The molecule has 4 heterocycles. The second-order valence-corrected chi connectivity index (χ2v) is 7.27. The molecule has 0 N–H and O–H groups in total. The Labute approximate surface area is 161 Å². The van der Waals surface area contributed by atoms with E-state index in [-0.39, 0.29) is 12.0 Å². The Morgan fingerprint density at radius 1 is 1.11 bits per heavy atom. The number of amides is 4. The molecule has 0 aliphatic carbocycles. The van der Waals surface area contributed by atoms with E-state index in [2.05, 4.69) is 4.98 Å². The van der Waals surface area contributed by atoms with Gasteiger partial charge in [0.15, 0.2) is 5.41 Å². The summed E-state index contributed by atoms with van der Waals surface area (Å²) in [6.07, 6.45) is 1.52. The van der Waals surface area contributed by atoms with Crippen molar-refractivity contribution in [3.05, 3.63) is 40.3 Å². The van der Waals surface area contributed by atoms with E-state index in [1.165, 1.54) is 18.5 Å². The summed E-state index contributed by atoms with van der Waals surface area (Å²) < 4.78 is 1.41. The highest BCUT2D eigenvalue weighted by Crippen LogP contribution is 2.43. The average Bonchev–Trinajstić information content (AvgIpc) is 2.70. The number of anilines is 1. The zero-order valence-electron chi connectivity index (χ0n) is 16.2. The van der Waals surface area contributed by atoms with Crippen LogP contribution in [-0.2, 0) is 16.0 Å². The van der Waals surface area contributed by atoms with E-state index >= 15 is 0 Å². The van der Waals surface area contributed by atoms with Crippen LogP contribution in [0.3, 0.4) is 0 Å². The summed E-state index contributed by atoms with van der Waals surface area (Å²) in [5.74, 6) is -0.691. The third-order valence-electron chi connectivity index (χ3n) is 6.00. The minimum absolute atomic E-state index is 0.0940. The summed E-state index contributed by atoms with van der Waals surface area (Å²) in [7, 11) is 2.72. The van der Waals surface area contributed by atoms with E-state index in [0.717, 1.165) is 9.80 Å². The smallest absolute Gasteiger partial charge is 0.332 e. The number of aromatic nitrogens is 2. The second-order valence-electron chi connectivity index (χ2n) is 7.27. The summed E-state index contributed by atoms with van der Waals surface area (Å²) in [4.78, 5) is 60.2. The van der Waals surface area contributed by atoms with E-state index in [1.54, 1.807) is 36.2 Å². The summed E-state index contributed by atoms with van der Waals surface area (Å²) in [6, 6.07) is 4.01. The van der Waals surface area contributed by atoms with Gasteiger partial charge in [0.25, 0.3) is 5.56 Å². The maximum Gasteiger partial charge on any atom is 0.332 e. The largest absolute Gasteiger partial charge is 0.352 e. The fraction of sp³-hybridized carbons (Fsp3) is 0.421. The molecule has 0 saturated carbocycles. The summed E-state index contributed by atoms with van der Waals surface area (Å²) in [5, 5.41) is 0. The Kier molecular flexibility index (Phi) is 3.81. The number of nitrogens with zero attached hydrogens (tertiary/aromatic N) is 5. The summed E-state index contributed by atoms with van der Waals surface area (Å²) >= 11 is 0. The first-order chi connectivity index (χ1) is 13.3. The van der Waals surface area contributed by atoms with Crippen molar-refractivity contribution < 1.29 is 14.4 Å². The van der Waals surface area contributed by atoms with Gasteiger partial charge in [-0.05, 0) is 26.0 Å². The Morgan fingerprint density at radius 3 is 2.36 bits per heavy atom. The number of imide groups is 2. The monoisotopic (exact) mass is 383 g/mol. The first-order valence-electron chi connectivity index (χ1n) is 9.12. The lowest BCUT2D eigenvalue weighted by Gasteiger charge is -2.50. The summed E-state index contributed by atoms with van der Waals surface area (Å²) in [5.41, 5.74) is -1.06. The maximum atomic E-state index is 13.2. The van der Waals surface area contributed by atoms with Crippen LogP contribution in [0.15, 0.2) is 29.2 Å². The molecule has 2 aromatic heterocycles. The van der Waals surface area contributed by atoms with Crippen LogP contribution in [0.1, 0.15) is 19.4 Å². The lowest BCUT2D eigenvalue weighted by molar-refractivity contribution is -0.158. The number of rotatable bonds is 1. The highest BCUT2D eigenvalue weighted by molar-refractivity contribution is 6.20. The number of pyridine rings is 1. The molecule has 146 valence electrons. The molecular weight excluding hydrogens is 362 g/mol. The molecule has 0 aromatic carbocycles. The van der Waals surface area contributed by atoms with E-state index in [1.807, 2.05) is 6.92 Å². The first-order valence-corrected chi connectivity index (χ1v) is 9.12. The van der Waals surface area contributed by atoms with Crippen molar-refractivity contribution in [1.29, 1.82) is 0 Å². The van der Waals surface area contributed by atoms with Crippen LogP contribution < -0.4 is 10.5 Å². The number of hydrogen-bond donors (Lipinski definition) is 0. The number of urea groups is 1. The highest BCUT2D eigenvalue weighted by atomic mass is 16.2. The molecule has 0 bridgehead atoms. The van der Waals surface area contributed by atoms with Crippen molar-refractivity contribution in [2.75, 3.05) is 25.5 Å². The van der Waals surface area contributed by atoms with Crippen molar-refractivity contribution in [2.45, 2.75) is 26.3 Å². The number of carbonyl (C=O) groups excluding carboxylic acids is 3. The fourth-order valence-corrected chi connectivity index (χ4v) is 4.40. The normalized spacial score (nSPS) is 21.6. The van der Waals surface area contributed by atoms with Gasteiger partial charge in [0.1, 0.15) is 11.5 Å². The fourth-order valence-electron chi connectivity index (χ4n) is 4.40. The topological polar surface area (TPSA) is 95.3 Å². The molecule has 1 spiro atoms. The number of fused-ring (bicyclic) bond motifs is 2. The minimum Gasteiger partial charge on any atom is -0.352 e. The molecule has 0 unspecified atom stereocenters. The van der Waals surface area contributed by atoms with Crippen molar-refractivity contribution >= 4 is 29.3 Å². The molecule has 2 aliphatic rings. The quantitative estimate of drug-likeness (QED) is 0.666. The van der Waals surface area contributed by atoms with Crippen molar-refractivity contribution in [3.63, 3.8) is 0 Å². The third kappa shape index (κ3) is 2.04. The lowest BCUT2D eigenvalue weighted by Crippen LogP contribution is -2.71. The Morgan fingerprint density at radius 2 is 1.75 bits per heavy atom. The van der Waals surface area contributed by atoms with Gasteiger partial charge in [-0.25, -0.2) is 9.78 Å². The molecule has 9 nitrogen and oxygen atoms in total. The van der Waals surface area contributed by atoms with Crippen molar-refractivity contribution in [3.8, 4) is 0 Å². The third-order valence-corrected chi connectivity index (χ3v) is 6.00. The SMILES string of the molecule is CCN1c2nc3ccccn3c(=O)c2CC2(C(=O)N(C)C(=O)N(C)C2=O)[C@H]1C. The Bertz CT molecular complexity index is 1070. The van der Waals surface area contributed by atoms with Gasteiger partial charge in [-0.15, -0.1) is 0 Å². The van der Waals surface area contributed by atoms with E-state index in [0.29, 0.717) is 23.6 Å². The van der Waals surface area contributed by atoms with E-state index in [9.17, 15) is 19.2 Å². The van der Waals surface area contributed by atoms with Gasteiger partial charge in [0, 0.05) is 33.3 Å². The van der Waals surface area contributed by atoms with Crippen LogP contribution >= 0.6 is 0 Å². The number of hydrogen-bond acceptors (Lipinski definition) is 6. The molecule has 2 aliphatic heterocycles. The van der Waals surface area contributed by atoms with Gasteiger partial charge in [0.05, 0.1) is 11.6 Å². The van der Waals surface area contributed by atoms with Crippen LogP contribution in [0.4, 0.5) is 10.6 Å². The van der Waals surface area contributed by atoms with E-state index in [4.69, 9.17) is 0 Å². The predicted octanol–water partition coefficient (Wildman–Crippen LogP) is 0.502. The zero-order chi connectivity index (χ0) is 20.4. The standard InChI is InChI=1S/C19H21N5O4/c1-5-23-11(2)19(16(26)21(3)18(28)22(4)17(19)27)10-12-14(23)20-13-8-6-7-9-24(13)15(12)25/h6-9,11H,5,10H2,1-4H3/t11-/m1/s1. The minimum atomic E-state index is -1.55. The molecule has 4 amide bonds.